The zero-order chi connectivity index (χ0) is 20.4. The highest BCUT2D eigenvalue weighted by Gasteiger charge is 2.20. The maximum atomic E-state index is 5.59. The lowest BCUT2D eigenvalue weighted by Gasteiger charge is -2.18. The van der Waals surface area contributed by atoms with E-state index in [4.69, 9.17) is 14.7 Å². The maximum Gasteiger partial charge on any atom is 0.222 e. The van der Waals surface area contributed by atoms with Crippen LogP contribution in [0, 0.1) is 13.8 Å². The van der Waals surface area contributed by atoms with Crippen LogP contribution in [0.4, 0.5) is 0 Å². The number of aryl methyl sites for hydroxylation is 2. The second-order valence-electron chi connectivity index (χ2n) is 7.62. The van der Waals surface area contributed by atoms with Gasteiger partial charge in [-0.05, 0) is 50.9 Å². The van der Waals surface area contributed by atoms with Crippen molar-refractivity contribution < 1.29 is 4.74 Å². The van der Waals surface area contributed by atoms with Gasteiger partial charge >= 0.3 is 0 Å². The predicted octanol–water partition coefficient (Wildman–Crippen LogP) is 4.41. The molecular weight excluding hydrogens is 350 g/mol. The lowest BCUT2D eigenvalue weighted by atomic mass is 10.1. The molecule has 0 bridgehead atoms. The molecule has 6 nitrogen and oxygen atoms in total. The smallest absolute Gasteiger partial charge is 0.222 e. The number of rotatable bonds is 7. The molecule has 0 saturated carbocycles. The van der Waals surface area contributed by atoms with Crippen LogP contribution in [0.1, 0.15) is 56.1 Å². The van der Waals surface area contributed by atoms with E-state index < -0.39 is 0 Å². The molecule has 0 spiro atoms. The van der Waals surface area contributed by atoms with Crippen LogP contribution in [0.3, 0.4) is 0 Å². The Labute approximate surface area is 167 Å². The van der Waals surface area contributed by atoms with E-state index in [2.05, 4.69) is 48.8 Å². The number of methoxy groups -OCH3 is 1. The standard InChI is InChI=1S/C22H31N5O/c1-8-16(11-23-6)27-12-14(4)19-21(27)24-15(5)20(26-19)17-9-10-18(13(2)3)25-22(17)28-7/h9-10,12-13,16,23H,8,11H2,1-7H3. The summed E-state index contributed by atoms with van der Waals surface area (Å²) in [7, 11) is 3.64. The molecule has 0 aliphatic carbocycles. The van der Waals surface area contributed by atoms with E-state index in [1.165, 1.54) is 0 Å². The van der Waals surface area contributed by atoms with Crippen molar-refractivity contribution in [1.82, 2.24) is 24.8 Å². The molecular formula is C22H31N5O. The summed E-state index contributed by atoms with van der Waals surface area (Å²) < 4.78 is 7.84. The van der Waals surface area contributed by atoms with Crippen molar-refractivity contribution in [1.29, 1.82) is 0 Å². The van der Waals surface area contributed by atoms with Gasteiger partial charge in [0.15, 0.2) is 5.65 Å². The van der Waals surface area contributed by atoms with Gasteiger partial charge in [-0.1, -0.05) is 20.8 Å². The molecule has 0 amide bonds. The van der Waals surface area contributed by atoms with Crippen LogP contribution in [0.2, 0.25) is 0 Å². The van der Waals surface area contributed by atoms with Gasteiger partial charge < -0.3 is 14.6 Å². The number of hydrogen-bond acceptors (Lipinski definition) is 5. The average molecular weight is 382 g/mol. The van der Waals surface area contributed by atoms with E-state index in [0.717, 1.165) is 52.3 Å². The molecule has 6 heteroatoms. The Morgan fingerprint density at radius 3 is 2.50 bits per heavy atom. The first kappa shape index (κ1) is 20.3. The van der Waals surface area contributed by atoms with Crippen molar-refractivity contribution >= 4 is 11.2 Å². The normalized spacial score (nSPS) is 12.7. The largest absolute Gasteiger partial charge is 0.480 e. The first-order valence-corrected chi connectivity index (χ1v) is 9.96. The number of ether oxygens (including phenoxy) is 1. The molecule has 1 unspecified atom stereocenters. The molecule has 0 saturated heterocycles. The second kappa shape index (κ2) is 8.27. The first-order chi connectivity index (χ1) is 13.4. The Bertz CT molecular complexity index is 977. The van der Waals surface area contributed by atoms with E-state index in [0.29, 0.717) is 17.8 Å². The third-order valence-electron chi connectivity index (χ3n) is 5.23. The summed E-state index contributed by atoms with van der Waals surface area (Å²) in [6, 6.07) is 4.44. The summed E-state index contributed by atoms with van der Waals surface area (Å²) in [4.78, 5) is 14.6. The minimum absolute atomic E-state index is 0.340. The second-order valence-corrected chi connectivity index (χ2v) is 7.62. The van der Waals surface area contributed by atoms with Crippen LogP contribution < -0.4 is 10.1 Å². The molecule has 0 radical (unpaired) electrons. The number of fused-ring (bicyclic) bond motifs is 1. The number of hydrogen-bond donors (Lipinski definition) is 1. The fraction of sp³-hybridized carbons (Fsp3) is 0.500. The summed E-state index contributed by atoms with van der Waals surface area (Å²) in [5.74, 6) is 0.939. The van der Waals surface area contributed by atoms with Crippen molar-refractivity contribution in [2.75, 3.05) is 20.7 Å². The molecule has 0 aliphatic heterocycles. The predicted molar refractivity (Wildman–Crippen MR) is 114 cm³/mol. The third-order valence-corrected chi connectivity index (χ3v) is 5.23. The molecule has 3 aromatic heterocycles. The monoisotopic (exact) mass is 381 g/mol. The van der Waals surface area contributed by atoms with Gasteiger partial charge in [0, 0.05) is 24.5 Å². The summed E-state index contributed by atoms with van der Waals surface area (Å²) in [5.41, 5.74) is 6.60. The zero-order valence-electron chi connectivity index (χ0n) is 18.0. The SMILES string of the molecule is CCC(CNC)n1cc(C)c2nc(-c3ccc(C(C)C)nc3OC)c(C)nc21. The molecule has 3 aromatic rings. The van der Waals surface area contributed by atoms with Gasteiger partial charge in [0.25, 0.3) is 0 Å². The summed E-state index contributed by atoms with van der Waals surface area (Å²) in [5, 5.41) is 3.28. The number of likely N-dealkylation sites (N-methyl/N-ethyl adjacent to an activating group) is 1. The van der Waals surface area contributed by atoms with Crippen molar-refractivity contribution in [3.8, 4) is 17.1 Å². The Morgan fingerprint density at radius 1 is 1.14 bits per heavy atom. The fourth-order valence-electron chi connectivity index (χ4n) is 3.60. The average Bonchev–Trinajstić information content (AvgIpc) is 3.00. The number of aromatic nitrogens is 4. The van der Waals surface area contributed by atoms with E-state index in [-0.39, 0.29) is 0 Å². The summed E-state index contributed by atoms with van der Waals surface area (Å²) >= 11 is 0. The van der Waals surface area contributed by atoms with Crippen LogP contribution in [0.5, 0.6) is 5.88 Å². The minimum atomic E-state index is 0.340. The lowest BCUT2D eigenvalue weighted by molar-refractivity contribution is 0.397. The Morgan fingerprint density at radius 2 is 1.89 bits per heavy atom. The highest BCUT2D eigenvalue weighted by atomic mass is 16.5. The summed E-state index contributed by atoms with van der Waals surface area (Å²) in [6.07, 6.45) is 3.19. The van der Waals surface area contributed by atoms with E-state index in [9.17, 15) is 0 Å². The van der Waals surface area contributed by atoms with Crippen molar-refractivity contribution in [2.24, 2.45) is 0 Å². The van der Waals surface area contributed by atoms with Gasteiger partial charge in [0.1, 0.15) is 5.52 Å². The molecule has 0 fully saturated rings. The van der Waals surface area contributed by atoms with Crippen LogP contribution in [-0.2, 0) is 0 Å². The lowest BCUT2D eigenvalue weighted by Crippen LogP contribution is -2.21. The molecule has 3 rings (SSSR count). The van der Waals surface area contributed by atoms with Crippen LogP contribution in [0.25, 0.3) is 22.4 Å². The highest BCUT2D eigenvalue weighted by Crippen LogP contribution is 2.33. The highest BCUT2D eigenvalue weighted by molar-refractivity contribution is 5.81. The Balaban J connectivity index is 2.17. The number of nitrogens with zero attached hydrogens (tertiary/aromatic N) is 4. The topological polar surface area (TPSA) is 64.9 Å². The maximum absolute atomic E-state index is 5.59. The van der Waals surface area contributed by atoms with Crippen molar-refractivity contribution in [3.05, 3.63) is 35.3 Å². The fourth-order valence-corrected chi connectivity index (χ4v) is 3.60. The Hall–Kier alpha value is -2.47. The van der Waals surface area contributed by atoms with Gasteiger partial charge in [-0.15, -0.1) is 0 Å². The van der Waals surface area contributed by atoms with Crippen molar-refractivity contribution in [3.63, 3.8) is 0 Å². The third kappa shape index (κ3) is 3.61. The number of nitrogens with one attached hydrogen (secondary N) is 1. The van der Waals surface area contributed by atoms with Gasteiger partial charge in [-0.2, -0.15) is 0 Å². The van der Waals surface area contributed by atoms with Crippen LogP contribution in [0.15, 0.2) is 18.3 Å². The number of pyridine rings is 1. The molecule has 150 valence electrons. The van der Waals surface area contributed by atoms with Crippen LogP contribution in [-0.4, -0.2) is 40.2 Å². The van der Waals surface area contributed by atoms with Gasteiger partial charge in [-0.25, -0.2) is 15.0 Å². The molecule has 28 heavy (non-hydrogen) atoms. The van der Waals surface area contributed by atoms with E-state index >= 15 is 0 Å². The molecule has 1 N–H and O–H groups in total. The summed E-state index contributed by atoms with van der Waals surface area (Å²) in [6.45, 7) is 11.4. The van der Waals surface area contributed by atoms with E-state index in [1.54, 1.807) is 7.11 Å². The molecule has 0 aliphatic rings. The van der Waals surface area contributed by atoms with E-state index in [1.807, 2.05) is 26.1 Å². The van der Waals surface area contributed by atoms with Gasteiger partial charge in [-0.3, -0.25) is 0 Å². The molecule has 1 atom stereocenters. The Kier molecular flexibility index (Phi) is 5.98. The quantitative estimate of drug-likeness (QED) is 0.657. The van der Waals surface area contributed by atoms with Crippen molar-refractivity contribution in [2.45, 2.75) is 53.0 Å². The van der Waals surface area contributed by atoms with Gasteiger partial charge in [0.2, 0.25) is 5.88 Å². The molecule has 3 heterocycles. The first-order valence-electron chi connectivity index (χ1n) is 9.96. The van der Waals surface area contributed by atoms with Gasteiger partial charge in [0.05, 0.1) is 24.1 Å². The van der Waals surface area contributed by atoms with Crippen LogP contribution >= 0.6 is 0 Å². The minimum Gasteiger partial charge on any atom is -0.480 e. The molecule has 0 aromatic carbocycles. The zero-order valence-corrected chi connectivity index (χ0v) is 18.0.